The average molecular weight is 520 g/mol. The molecule has 1 aliphatic rings. The zero-order chi connectivity index (χ0) is 27.2. The monoisotopic (exact) mass is 519 g/mol. The Kier molecular flexibility index (Phi) is 6.38. The molecular formula is C29H24F3N3O3. The summed E-state index contributed by atoms with van der Waals surface area (Å²) in [5.74, 6) is -0.559. The molecule has 0 bridgehead atoms. The number of alkyl halides is 3. The number of amides is 1. The summed E-state index contributed by atoms with van der Waals surface area (Å²) < 4.78 is 40.6. The number of benzene rings is 2. The summed E-state index contributed by atoms with van der Waals surface area (Å²) in [4.78, 5) is 41.7. The minimum atomic E-state index is -4.65. The molecule has 0 saturated heterocycles. The van der Waals surface area contributed by atoms with Crippen LogP contribution in [0.5, 0.6) is 0 Å². The van der Waals surface area contributed by atoms with Crippen LogP contribution in [0.15, 0.2) is 77.9 Å². The van der Waals surface area contributed by atoms with E-state index in [9.17, 15) is 27.6 Å². The van der Waals surface area contributed by atoms with E-state index in [0.29, 0.717) is 5.69 Å². The van der Waals surface area contributed by atoms with Gasteiger partial charge in [0.15, 0.2) is 0 Å². The molecule has 1 fully saturated rings. The van der Waals surface area contributed by atoms with Crippen molar-refractivity contribution in [2.45, 2.75) is 38.4 Å². The van der Waals surface area contributed by atoms with Crippen LogP contribution in [-0.4, -0.2) is 33.5 Å². The summed E-state index contributed by atoms with van der Waals surface area (Å²) >= 11 is 0. The van der Waals surface area contributed by atoms with E-state index in [2.05, 4.69) is 4.98 Å². The average Bonchev–Trinajstić information content (AvgIpc) is 3.70. The van der Waals surface area contributed by atoms with E-state index in [1.54, 1.807) is 13.0 Å². The number of Topliss-reactive ketones (excluding diaryl/α,β-unsaturated/α-hetero) is 1. The molecule has 3 unspecified atom stereocenters. The summed E-state index contributed by atoms with van der Waals surface area (Å²) in [5.41, 5.74) is 2.62. The van der Waals surface area contributed by atoms with Crippen molar-refractivity contribution in [3.8, 4) is 16.8 Å². The minimum Gasteiger partial charge on any atom is -0.340 e. The van der Waals surface area contributed by atoms with Crippen molar-refractivity contribution in [3.63, 3.8) is 0 Å². The lowest BCUT2D eigenvalue weighted by molar-refractivity contribution is -0.149. The van der Waals surface area contributed by atoms with Crippen LogP contribution in [0.2, 0.25) is 0 Å². The third-order valence-corrected chi connectivity index (χ3v) is 6.95. The van der Waals surface area contributed by atoms with Gasteiger partial charge in [-0.3, -0.25) is 14.4 Å². The molecule has 1 saturated carbocycles. The first-order valence-electron chi connectivity index (χ1n) is 12.1. The van der Waals surface area contributed by atoms with Gasteiger partial charge in [0, 0.05) is 24.0 Å². The Bertz CT molecular complexity index is 1610. The Balaban J connectivity index is 1.53. The first kappa shape index (κ1) is 25.4. The lowest BCUT2D eigenvalue weighted by Crippen LogP contribution is -2.44. The van der Waals surface area contributed by atoms with Crippen molar-refractivity contribution in [1.29, 1.82) is 0 Å². The number of halogens is 3. The van der Waals surface area contributed by atoms with E-state index in [-0.39, 0.29) is 28.7 Å². The molecule has 1 amide bonds. The molecule has 1 aliphatic carbocycles. The van der Waals surface area contributed by atoms with E-state index in [0.717, 1.165) is 30.0 Å². The molecule has 3 atom stereocenters. The number of ketones is 1. The Morgan fingerprint density at radius 3 is 2.45 bits per heavy atom. The van der Waals surface area contributed by atoms with Crippen molar-refractivity contribution in [2.24, 2.45) is 5.92 Å². The van der Waals surface area contributed by atoms with Gasteiger partial charge in [0.25, 0.3) is 5.91 Å². The maximum Gasteiger partial charge on any atom is 0.408 e. The summed E-state index contributed by atoms with van der Waals surface area (Å²) in [7, 11) is 0. The summed E-state index contributed by atoms with van der Waals surface area (Å²) in [5, 5.41) is 1.98. The van der Waals surface area contributed by atoms with Gasteiger partial charge in [-0.15, -0.1) is 0 Å². The van der Waals surface area contributed by atoms with Gasteiger partial charge in [0.2, 0.25) is 5.43 Å². The number of hydrogen-bond acceptors (Lipinski definition) is 4. The molecule has 4 aromatic rings. The van der Waals surface area contributed by atoms with Crippen molar-refractivity contribution in [3.05, 3.63) is 94.4 Å². The first-order valence-corrected chi connectivity index (χ1v) is 12.1. The van der Waals surface area contributed by atoms with Crippen LogP contribution in [0.25, 0.3) is 27.8 Å². The van der Waals surface area contributed by atoms with Crippen LogP contribution in [0.1, 0.15) is 42.1 Å². The normalized spacial score (nSPS) is 17.7. The number of pyridine rings is 2. The number of hydrogen-bond donors (Lipinski definition) is 1. The molecule has 1 N–H and O–H groups in total. The molecule has 2 aromatic carbocycles. The Morgan fingerprint density at radius 1 is 1.05 bits per heavy atom. The summed E-state index contributed by atoms with van der Waals surface area (Å²) in [6.45, 7) is 2.43. The molecule has 194 valence electrons. The molecule has 5 rings (SSSR count). The molecule has 38 heavy (non-hydrogen) atoms. The van der Waals surface area contributed by atoms with Crippen molar-refractivity contribution < 1.29 is 22.8 Å². The van der Waals surface area contributed by atoms with Crippen LogP contribution in [0, 0.1) is 5.92 Å². The fraction of sp³-hybridized carbons (Fsp3) is 0.241. The van der Waals surface area contributed by atoms with E-state index in [1.807, 2.05) is 47.8 Å². The zero-order valence-corrected chi connectivity index (χ0v) is 20.6. The quantitative estimate of drug-likeness (QED) is 0.369. The maximum absolute atomic E-state index is 13.0. The lowest BCUT2D eigenvalue weighted by atomic mass is 10.0. The van der Waals surface area contributed by atoms with Crippen LogP contribution < -0.4 is 10.7 Å². The van der Waals surface area contributed by atoms with Gasteiger partial charge in [-0.05, 0) is 67.1 Å². The summed E-state index contributed by atoms with van der Waals surface area (Å²) in [6, 6.07) is 16.2. The fourth-order valence-electron chi connectivity index (χ4n) is 4.65. The fourth-order valence-corrected chi connectivity index (χ4v) is 4.65. The van der Waals surface area contributed by atoms with Gasteiger partial charge in [-0.2, -0.15) is 13.2 Å². The van der Waals surface area contributed by atoms with Gasteiger partial charge in [0.1, 0.15) is 23.0 Å². The number of carbonyl (C=O) groups is 2. The van der Waals surface area contributed by atoms with Crippen LogP contribution in [0.3, 0.4) is 0 Å². The van der Waals surface area contributed by atoms with Gasteiger partial charge < -0.3 is 9.88 Å². The van der Waals surface area contributed by atoms with Gasteiger partial charge >= 0.3 is 6.18 Å². The Hall–Kier alpha value is -4.27. The number of aromatic nitrogens is 2. The molecule has 9 heteroatoms. The molecule has 0 spiro atoms. The highest BCUT2D eigenvalue weighted by Crippen LogP contribution is 2.48. The van der Waals surface area contributed by atoms with E-state index in [4.69, 9.17) is 0 Å². The van der Waals surface area contributed by atoms with Crippen LogP contribution in [0.4, 0.5) is 13.2 Å². The van der Waals surface area contributed by atoms with Crippen molar-refractivity contribution in [2.75, 3.05) is 0 Å². The highest BCUT2D eigenvalue weighted by Gasteiger charge is 2.41. The standard InChI is InChI=1S/C29H24F3N3O3/c1-16(36)23-14-24(23)19-10-8-18(9-11-19)20-5-3-6-21(13-20)35-15-25(28(38)34-17(2)29(30,31)32)26(37)22-7-4-12-33-27(22)35/h3-13,15,17,23-24H,14H2,1-2H3,(H,34,38). The zero-order valence-electron chi connectivity index (χ0n) is 20.6. The topological polar surface area (TPSA) is 81.1 Å². The lowest BCUT2D eigenvalue weighted by Gasteiger charge is -2.18. The van der Waals surface area contributed by atoms with Gasteiger partial charge in [-0.1, -0.05) is 36.4 Å². The van der Waals surface area contributed by atoms with E-state index in [1.165, 1.54) is 29.1 Å². The largest absolute Gasteiger partial charge is 0.408 e. The first-order chi connectivity index (χ1) is 18.0. The predicted octanol–water partition coefficient (Wildman–Crippen LogP) is 5.43. The second kappa shape index (κ2) is 9.55. The SMILES string of the molecule is CC(=O)C1CC1c1ccc(-c2cccc(-n3cc(C(=O)NC(C)C(F)(F)F)c(=O)c4cccnc43)c2)cc1. The number of fused-ring (bicyclic) bond motifs is 1. The molecular weight excluding hydrogens is 495 g/mol. The third kappa shape index (κ3) is 4.83. The second-order valence-electron chi connectivity index (χ2n) is 9.58. The third-order valence-electron chi connectivity index (χ3n) is 6.95. The molecule has 6 nitrogen and oxygen atoms in total. The number of nitrogens with zero attached hydrogens (tertiary/aromatic N) is 2. The number of carbonyl (C=O) groups excluding carboxylic acids is 2. The van der Waals surface area contributed by atoms with Crippen molar-refractivity contribution >= 4 is 22.7 Å². The highest BCUT2D eigenvalue weighted by molar-refractivity contribution is 5.97. The smallest absolute Gasteiger partial charge is 0.340 e. The van der Waals surface area contributed by atoms with Crippen LogP contribution in [-0.2, 0) is 4.79 Å². The van der Waals surface area contributed by atoms with Crippen molar-refractivity contribution in [1.82, 2.24) is 14.9 Å². The van der Waals surface area contributed by atoms with E-state index < -0.39 is 29.1 Å². The molecule has 0 aliphatic heterocycles. The van der Waals surface area contributed by atoms with Gasteiger partial charge in [-0.25, -0.2) is 4.98 Å². The molecule has 2 heterocycles. The second-order valence-corrected chi connectivity index (χ2v) is 9.58. The molecule has 2 aromatic heterocycles. The summed E-state index contributed by atoms with van der Waals surface area (Å²) in [6.07, 6.45) is -1.05. The maximum atomic E-state index is 13.0. The van der Waals surface area contributed by atoms with E-state index >= 15 is 0 Å². The van der Waals surface area contributed by atoms with Gasteiger partial charge in [0.05, 0.1) is 5.39 Å². The predicted molar refractivity (Wildman–Crippen MR) is 137 cm³/mol. The molecule has 0 radical (unpaired) electrons. The highest BCUT2D eigenvalue weighted by atomic mass is 19.4. The Morgan fingerprint density at radius 2 is 1.79 bits per heavy atom. The minimum absolute atomic E-state index is 0.0934. The Labute approximate surface area is 216 Å². The number of nitrogens with one attached hydrogen (secondary N) is 1. The number of rotatable bonds is 6. The van der Waals surface area contributed by atoms with Crippen LogP contribution >= 0.6 is 0 Å².